The molecule has 8 heteroatoms. The Morgan fingerprint density at radius 2 is 1.64 bits per heavy atom. The lowest BCUT2D eigenvalue weighted by atomic mass is 9.89. The summed E-state index contributed by atoms with van der Waals surface area (Å²) in [5, 5.41) is 7.00. The van der Waals surface area contributed by atoms with Crippen molar-refractivity contribution in [3.8, 4) is 5.69 Å². The molecule has 2 amide bonds. The van der Waals surface area contributed by atoms with Crippen molar-refractivity contribution in [1.82, 2.24) is 14.7 Å². The first-order valence-corrected chi connectivity index (χ1v) is 10.9. The Labute approximate surface area is 192 Å². The molecule has 8 nitrogen and oxygen atoms in total. The number of nitrogen functional groups attached to an aromatic ring is 1. The number of rotatable bonds is 5. The Hall–Kier alpha value is -3.94. The van der Waals surface area contributed by atoms with Crippen molar-refractivity contribution >= 4 is 29.1 Å². The summed E-state index contributed by atoms with van der Waals surface area (Å²) in [6, 6.07) is 14.6. The number of hydrogen-bond donors (Lipinski definition) is 2. The molecule has 3 N–H and O–H groups in total. The van der Waals surface area contributed by atoms with Crippen molar-refractivity contribution in [2.24, 2.45) is 5.92 Å². The molecule has 3 aromatic rings. The molecule has 0 aliphatic carbocycles. The minimum atomic E-state index is -0.200. The molecule has 1 fully saturated rings. The lowest BCUT2D eigenvalue weighted by molar-refractivity contribution is -0.114. The summed E-state index contributed by atoms with van der Waals surface area (Å²) in [4.78, 5) is 38.9. The van der Waals surface area contributed by atoms with Crippen LogP contribution in [0.2, 0.25) is 0 Å². The number of likely N-dealkylation sites (tertiary alicyclic amines) is 1. The van der Waals surface area contributed by atoms with Gasteiger partial charge in [0, 0.05) is 37.2 Å². The van der Waals surface area contributed by atoms with Gasteiger partial charge in [-0.15, -0.1) is 0 Å². The van der Waals surface area contributed by atoms with E-state index in [2.05, 4.69) is 10.4 Å². The number of piperidine rings is 1. The van der Waals surface area contributed by atoms with Gasteiger partial charge in [0.2, 0.25) is 5.91 Å². The van der Waals surface area contributed by atoms with Gasteiger partial charge in [0.1, 0.15) is 5.82 Å². The third kappa shape index (κ3) is 4.79. The molecule has 0 spiro atoms. The summed E-state index contributed by atoms with van der Waals surface area (Å²) in [5.74, 6) is -0.138. The van der Waals surface area contributed by atoms with E-state index >= 15 is 0 Å². The van der Waals surface area contributed by atoms with Crippen molar-refractivity contribution in [1.29, 1.82) is 0 Å². The van der Waals surface area contributed by atoms with Gasteiger partial charge < -0.3 is 16.0 Å². The number of nitrogens with two attached hydrogens (primary N) is 1. The van der Waals surface area contributed by atoms with Gasteiger partial charge in [0.25, 0.3) is 5.91 Å². The van der Waals surface area contributed by atoms with Crippen molar-refractivity contribution in [2.45, 2.75) is 26.7 Å². The van der Waals surface area contributed by atoms with Gasteiger partial charge in [-0.25, -0.2) is 4.68 Å². The SMILES string of the molecule is CC(=O)Nc1ccc(C(=O)N2CCC(C(=O)c3cnn(-c4ccc(C)cc4)c3N)CC2)cc1. The van der Waals surface area contributed by atoms with E-state index in [9.17, 15) is 14.4 Å². The fourth-order valence-corrected chi connectivity index (χ4v) is 4.09. The summed E-state index contributed by atoms with van der Waals surface area (Å²) in [6.45, 7) is 4.43. The maximum absolute atomic E-state index is 13.1. The van der Waals surface area contributed by atoms with Crippen molar-refractivity contribution in [2.75, 3.05) is 24.1 Å². The third-order valence-electron chi connectivity index (χ3n) is 5.96. The molecule has 1 aliphatic heterocycles. The highest BCUT2D eigenvalue weighted by atomic mass is 16.2. The topological polar surface area (TPSA) is 110 Å². The Balaban J connectivity index is 1.39. The standard InChI is InChI=1S/C25H27N5O3/c1-16-3-9-21(10-4-16)30-24(26)22(15-27-30)23(32)18-11-13-29(14-12-18)25(33)19-5-7-20(8-6-19)28-17(2)31/h3-10,15,18H,11-14,26H2,1-2H3,(H,28,31). The van der Waals surface area contributed by atoms with Gasteiger partial charge in [-0.1, -0.05) is 17.7 Å². The molecule has 170 valence electrons. The molecule has 0 atom stereocenters. The van der Waals surface area contributed by atoms with Crippen LogP contribution in [0.1, 0.15) is 46.0 Å². The number of hydrogen-bond acceptors (Lipinski definition) is 5. The monoisotopic (exact) mass is 445 g/mol. The number of benzene rings is 2. The minimum absolute atomic E-state index is 0.0300. The molecule has 1 aromatic heterocycles. The number of aryl methyl sites for hydroxylation is 1. The average Bonchev–Trinajstić information content (AvgIpc) is 3.20. The first-order valence-electron chi connectivity index (χ1n) is 10.9. The van der Waals surface area contributed by atoms with E-state index in [0.717, 1.165) is 11.3 Å². The van der Waals surface area contributed by atoms with Crippen LogP contribution in [0.5, 0.6) is 0 Å². The summed E-state index contributed by atoms with van der Waals surface area (Å²) < 4.78 is 1.58. The Bertz CT molecular complexity index is 1170. The summed E-state index contributed by atoms with van der Waals surface area (Å²) >= 11 is 0. The van der Waals surface area contributed by atoms with Crippen LogP contribution in [0.15, 0.2) is 54.7 Å². The van der Waals surface area contributed by atoms with Crippen molar-refractivity contribution in [3.05, 3.63) is 71.4 Å². The summed E-state index contributed by atoms with van der Waals surface area (Å²) in [5.41, 5.74) is 9.83. The Kier molecular flexibility index (Phi) is 6.26. The number of carbonyl (C=O) groups excluding carboxylic acids is 3. The van der Waals surface area contributed by atoms with E-state index in [4.69, 9.17) is 5.73 Å². The second-order valence-corrected chi connectivity index (χ2v) is 8.38. The normalized spacial score (nSPS) is 14.2. The number of nitrogens with zero attached hydrogens (tertiary/aromatic N) is 3. The zero-order chi connectivity index (χ0) is 23.5. The van der Waals surface area contributed by atoms with Crippen LogP contribution in [0.3, 0.4) is 0 Å². The molecule has 2 aromatic carbocycles. The first-order chi connectivity index (χ1) is 15.8. The molecular formula is C25H27N5O3. The second kappa shape index (κ2) is 9.28. The van der Waals surface area contributed by atoms with Gasteiger partial charge in [0.15, 0.2) is 5.78 Å². The number of amides is 2. The predicted molar refractivity (Wildman–Crippen MR) is 126 cm³/mol. The molecule has 33 heavy (non-hydrogen) atoms. The first kappa shape index (κ1) is 22.3. The van der Waals surface area contributed by atoms with E-state index in [0.29, 0.717) is 48.6 Å². The summed E-state index contributed by atoms with van der Waals surface area (Å²) in [6.07, 6.45) is 2.68. The highest BCUT2D eigenvalue weighted by Gasteiger charge is 2.30. The van der Waals surface area contributed by atoms with Crippen LogP contribution < -0.4 is 11.1 Å². The smallest absolute Gasteiger partial charge is 0.253 e. The van der Waals surface area contributed by atoms with Crippen LogP contribution in [0, 0.1) is 12.8 Å². The molecule has 0 bridgehead atoms. The lowest BCUT2D eigenvalue weighted by Crippen LogP contribution is -2.40. The van der Waals surface area contributed by atoms with E-state index in [1.165, 1.54) is 13.1 Å². The van der Waals surface area contributed by atoms with E-state index in [1.807, 2.05) is 31.2 Å². The predicted octanol–water partition coefficient (Wildman–Crippen LogP) is 3.46. The van der Waals surface area contributed by atoms with Gasteiger partial charge >= 0.3 is 0 Å². The average molecular weight is 446 g/mol. The largest absolute Gasteiger partial charge is 0.383 e. The van der Waals surface area contributed by atoms with Gasteiger partial charge in [-0.05, 0) is 56.2 Å². The number of anilines is 2. The fraction of sp³-hybridized carbons (Fsp3) is 0.280. The summed E-state index contributed by atoms with van der Waals surface area (Å²) in [7, 11) is 0. The second-order valence-electron chi connectivity index (χ2n) is 8.38. The van der Waals surface area contributed by atoms with Crippen molar-refractivity contribution in [3.63, 3.8) is 0 Å². The van der Waals surface area contributed by atoms with Crippen LogP contribution >= 0.6 is 0 Å². The molecule has 0 unspecified atom stereocenters. The highest BCUT2D eigenvalue weighted by Crippen LogP contribution is 2.27. The van der Waals surface area contributed by atoms with Crippen LogP contribution in [0.4, 0.5) is 11.5 Å². The molecular weight excluding hydrogens is 418 g/mol. The van der Waals surface area contributed by atoms with Gasteiger partial charge in [-0.2, -0.15) is 5.10 Å². The highest BCUT2D eigenvalue weighted by molar-refractivity contribution is 6.02. The van der Waals surface area contributed by atoms with E-state index in [-0.39, 0.29) is 23.5 Å². The van der Waals surface area contributed by atoms with Crippen LogP contribution in [0.25, 0.3) is 5.69 Å². The molecule has 0 saturated carbocycles. The van der Waals surface area contributed by atoms with Gasteiger partial charge in [-0.3, -0.25) is 14.4 Å². The quantitative estimate of drug-likeness (QED) is 0.585. The zero-order valence-electron chi connectivity index (χ0n) is 18.7. The third-order valence-corrected chi connectivity index (χ3v) is 5.96. The van der Waals surface area contributed by atoms with E-state index < -0.39 is 0 Å². The Morgan fingerprint density at radius 1 is 1.00 bits per heavy atom. The zero-order valence-corrected chi connectivity index (χ0v) is 18.7. The van der Waals surface area contributed by atoms with Gasteiger partial charge in [0.05, 0.1) is 17.4 Å². The Morgan fingerprint density at radius 3 is 2.24 bits per heavy atom. The van der Waals surface area contributed by atoms with Crippen molar-refractivity contribution < 1.29 is 14.4 Å². The molecule has 4 rings (SSSR count). The fourth-order valence-electron chi connectivity index (χ4n) is 4.09. The number of carbonyl (C=O) groups is 3. The number of aromatic nitrogens is 2. The lowest BCUT2D eigenvalue weighted by Gasteiger charge is -2.31. The maximum atomic E-state index is 13.1. The molecule has 2 heterocycles. The maximum Gasteiger partial charge on any atom is 0.253 e. The number of ketones is 1. The molecule has 1 saturated heterocycles. The van der Waals surface area contributed by atoms with Crippen LogP contribution in [-0.4, -0.2) is 45.4 Å². The van der Waals surface area contributed by atoms with E-state index in [1.54, 1.807) is 33.8 Å². The number of Topliss-reactive ketones (excluding diaryl/α,β-unsaturated/α-hetero) is 1. The molecule has 0 radical (unpaired) electrons. The minimum Gasteiger partial charge on any atom is -0.383 e. The molecule has 1 aliphatic rings. The van der Waals surface area contributed by atoms with Crippen LogP contribution in [-0.2, 0) is 4.79 Å². The number of nitrogens with one attached hydrogen (secondary N) is 1.